The summed E-state index contributed by atoms with van der Waals surface area (Å²) in [5.74, 6) is -1.16. The number of carboxylic acids is 1. The molecule has 0 aliphatic carbocycles. The fraction of sp³-hybridized carbons (Fsp3) is 0.833. The summed E-state index contributed by atoms with van der Waals surface area (Å²) < 4.78 is 0. The maximum atomic E-state index is 12.2. The van der Waals surface area contributed by atoms with Crippen LogP contribution in [0.3, 0.4) is 0 Å². The Kier molecular flexibility index (Phi) is 4.37. The van der Waals surface area contributed by atoms with Gasteiger partial charge in [0.2, 0.25) is 0 Å². The van der Waals surface area contributed by atoms with Crippen LogP contribution in [0.2, 0.25) is 0 Å². The second-order valence-corrected chi connectivity index (χ2v) is 6.11. The summed E-state index contributed by atoms with van der Waals surface area (Å²) in [5, 5.41) is 9.60. The van der Waals surface area contributed by atoms with Crippen LogP contribution in [0.15, 0.2) is 0 Å². The third-order valence-corrected chi connectivity index (χ3v) is 4.99. The van der Waals surface area contributed by atoms with Gasteiger partial charge in [-0.3, -0.25) is 4.79 Å². The van der Waals surface area contributed by atoms with Crippen LogP contribution in [-0.2, 0) is 4.79 Å². The molecule has 0 aromatic heterocycles. The molecule has 2 fully saturated rings. The molecule has 0 bridgehead atoms. The van der Waals surface area contributed by atoms with Gasteiger partial charge in [-0.25, -0.2) is 4.79 Å². The number of carbonyl (C=O) groups is 2. The molecule has 2 aliphatic rings. The molecule has 2 heterocycles. The molecule has 18 heavy (non-hydrogen) atoms. The molecule has 1 unspecified atom stereocenters. The standard InChI is InChI=1S/C12H20N2O3S/c1-18-10-3-6-13(7-4-10)12(17)14-5-2-9(8-14)11(15)16/h9-10H,2-8H2,1H3,(H,15,16). The van der Waals surface area contributed by atoms with Crippen molar-refractivity contribution in [3.05, 3.63) is 0 Å². The number of nitrogens with zero attached hydrogens (tertiary/aromatic N) is 2. The second kappa shape index (κ2) is 5.82. The number of amides is 2. The molecular formula is C12H20N2O3S. The van der Waals surface area contributed by atoms with Crippen molar-refractivity contribution < 1.29 is 14.7 Å². The number of aliphatic carboxylic acids is 1. The fourth-order valence-corrected chi connectivity index (χ4v) is 3.30. The van der Waals surface area contributed by atoms with Crippen molar-refractivity contribution in [1.29, 1.82) is 0 Å². The summed E-state index contributed by atoms with van der Waals surface area (Å²) in [6.07, 6.45) is 4.79. The van der Waals surface area contributed by atoms with E-state index >= 15 is 0 Å². The normalized spacial score (nSPS) is 25.5. The maximum Gasteiger partial charge on any atom is 0.320 e. The zero-order valence-corrected chi connectivity index (χ0v) is 11.5. The average molecular weight is 272 g/mol. The van der Waals surface area contributed by atoms with Crippen molar-refractivity contribution in [2.45, 2.75) is 24.5 Å². The Hall–Kier alpha value is -0.910. The minimum absolute atomic E-state index is 0.0262. The SMILES string of the molecule is CSC1CCN(C(=O)N2CCC(C(=O)O)C2)CC1. The van der Waals surface area contributed by atoms with Crippen LogP contribution >= 0.6 is 11.8 Å². The average Bonchev–Trinajstić information content (AvgIpc) is 2.88. The third kappa shape index (κ3) is 2.91. The highest BCUT2D eigenvalue weighted by molar-refractivity contribution is 7.99. The van der Waals surface area contributed by atoms with E-state index in [1.807, 2.05) is 16.7 Å². The first-order valence-corrected chi connectivity index (χ1v) is 7.70. The lowest BCUT2D eigenvalue weighted by molar-refractivity contribution is -0.141. The van der Waals surface area contributed by atoms with Crippen LogP contribution in [0.5, 0.6) is 0 Å². The zero-order chi connectivity index (χ0) is 13.1. The van der Waals surface area contributed by atoms with Crippen molar-refractivity contribution in [1.82, 2.24) is 9.80 Å². The van der Waals surface area contributed by atoms with Crippen molar-refractivity contribution in [3.63, 3.8) is 0 Å². The van der Waals surface area contributed by atoms with Gasteiger partial charge in [-0.1, -0.05) is 0 Å². The molecule has 0 saturated carbocycles. The number of carbonyl (C=O) groups excluding carboxylic acids is 1. The predicted molar refractivity (Wildman–Crippen MR) is 70.8 cm³/mol. The Morgan fingerprint density at radius 2 is 1.72 bits per heavy atom. The molecule has 5 nitrogen and oxygen atoms in total. The minimum Gasteiger partial charge on any atom is -0.481 e. The van der Waals surface area contributed by atoms with Crippen LogP contribution in [0, 0.1) is 5.92 Å². The summed E-state index contributed by atoms with van der Waals surface area (Å²) in [6, 6.07) is 0.0262. The molecule has 0 aromatic carbocycles. The number of piperidine rings is 1. The van der Waals surface area contributed by atoms with E-state index < -0.39 is 5.97 Å². The largest absolute Gasteiger partial charge is 0.481 e. The molecule has 102 valence electrons. The molecule has 6 heteroatoms. The molecule has 1 atom stereocenters. The quantitative estimate of drug-likeness (QED) is 0.824. The van der Waals surface area contributed by atoms with E-state index in [9.17, 15) is 9.59 Å². The molecule has 2 amide bonds. The summed E-state index contributed by atoms with van der Waals surface area (Å²) in [6.45, 7) is 2.56. The lowest BCUT2D eigenvalue weighted by atomic mass is 10.1. The predicted octanol–water partition coefficient (Wildman–Crippen LogP) is 1.34. The topological polar surface area (TPSA) is 60.9 Å². The number of thioether (sulfide) groups is 1. The first-order chi connectivity index (χ1) is 8.61. The van der Waals surface area contributed by atoms with Gasteiger partial charge >= 0.3 is 12.0 Å². The van der Waals surface area contributed by atoms with E-state index in [1.54, 1.807) is 4.90 Å². The Balaban J connectivity index is 1.84. The number of urea groups is 1. The number of rotatable bonds is 2. The Bertz CT molecular complexity index is 329. The van der Waals surface area contributed by atoms with E-state index in [0.29, 0.717) is 24.8 Å². The van der Waals surface area contributed by atoms with Gasteiger partial charge in [0.15, 0.2) is 0 Å². The van der Waals surface area contributed by atoms with Gasteiger partial charge in [0.1, 0.15) is 0 Å². The minimum atomic E-state index is -0.786. The van der Waals surface area contributed by atoms with E-state index in [1.165, 1.54) is 0 Å². The van der Waals surface area contributed by atoms with Crippen LogP contribution in [0.25, 0.3) is 0 Å². The van der Waals surface area contributed by atoms with Gasteiger partial charge < -0.3 is 14.9 Å². The highest BCUT2D eigenvalue weighted by Gasteiger charge is 2.34. The van der Waals surface area contributed by atoms with Crippen molar-refractivity contribution >= 4 is 23.8 Å². The maximum absolute atomic E-state index is 12.2. The lowest BCUT2D eigenvalue weighted by Gasteiger charge is -2.34. The summed E-state index contributed by atoms with van der Waals surface area (Å²) >= 11 is 1.87. The Morgan fingerprint density at radius 3 is 2.22 bits per heavy atom. The van der Waals surface area contributed by atoms with Gasteiger partial charge in [-0.15, -0.1) is 0 Å². The fourth-order valence-electron chi connectivity index (χ4n) is 2.62. The van der Waals surface area contributed by atoms with E-state index in [-0.39, 0.29) is 11.9 Å². The summed E-state index contributed by atoms with van der Waals surface area (Å²) in [7, 11) is 0. The molecule has 2 saturated heterocycles. The molecule has 2 rings (SSSR count). The number of hydrogen-bond donors (Lipinski definition) is 1. The number of likely N-dealkylation sites (tertiary alicyclic amines) is 2. The van der Waals surface area contributed by atoms with Gasteiger partial charge in [0.25, 0.3) is 0 Å². The Labute approximate surface area is 112 Å². The van der Waals surface area contributed by atoms with Crippen molar-refractivity contribution in [2.75, 3.05) is 32.4 Å². The summed E-state index contributed by atoms with van der Waals surface area (Å²) in [4.78, 5) is 26.7. The summed E-state index contributed by atoms with van der Waals surface area (Å²) in [5.41, 5.74) is 0. The number of hydrogen-bond acceptors (Lipinski definition) is 3. The van der Waals surface area contributed by atoms with Gasteiger partial charge in [-0.05, 0) is 25.5 Å². The number of carboxylic acid groups (broad SMARTS) is 1. The molecule has 0 radical (unpaired) electrons. The first-order valence-electron chi connectivity index (χ1n) is 6.41. The van der Waals surface area contributed by atoms with E-state index in [2.05, 4.69) is 6.26 Å². The Morgan fingerprint density at radius 1 is 1.11 bits per heavy atom. The molecule has 2 aliphatic heterocycles. The lowest BCUT2D eigenvalue weighted by Crippen LogP contribution is -2.46. The third-order valence-electron chi connectivity index (χ3n) is 3.85. The van der Waals surface area contributed by atoms with E-state index in [0.717, 1.165) is 25.9 Å². The van der Waals surface area contributed by atoms with Crippen LogP contribution in [0.4, 0.5) is 4.79 Å². The molecule has 0 spiro atoms. The smallest absolute Gasteiger partial charge is 0.320 e. The zero-order valence-electron chi connectivity index (χ0n) is 10.7. The van der Waals surface area contributed by atoms with Gasteiger partial charge in [-0.2, -0.15) is 11.8 Å². The van der Waals surface area contributed by atoms with Crippen LogP contribution in [0.1, 0.15) is 19.3 Å². The van der Waals surface area contributed by atoms with Gasteiger partial charge in [0.05, 0.1) is 5.92 Å². The van der Waals surface area contributed by atoms with Crippen LogP contribution in [-0.4, -0.2) is 64.6 Å². The monoisotopic (exact) mass is 272 g/mol. The highest BCUT2D eigenvalue weighted by Crippen LogP contribution is 2.23. The van der Waals surface area contributed by atoms with Crippen molar-refractivity contribution in [3.8, 4) is 0 Å². The molecule has 1 N–H and O–H groups in total. The molecular weight excluding hydrogens is 252 g/mol. The highest BCUT2D eigenvalue weighted by atomic mass is 32.2. The van der Waals surface area contributed by atoms with Gasteiger partial charge in [0, 0.05) is 31.4 Å². The first kappa shape index (κ1) is 13.5. The van der Waals surface area contributed by atoms with Crippen LogP contribution < -0.4 is 0 Å². The second-order valence-electron chi connectivity index (χ2n) is 4.97. The van der Waals surface area contributed by atoms with E-state index in [4.69, 9.17) is 5.11 Å². The molecule has 0 aromatic rings. The van der Waals surface area contributed by atoms with Crippen molar-refractivity contribution in [2.24, 2.45) is 5.92 Å².